The molecular weight excluding hydrogens is 430 g/mol. The van der Waals surface area contributed by atoms with Gasteiger partial charge in [-0.3, -0.25) is 0 Å². The maximum atomic E-state index is 11.9. The number of hydrogen-bond donors (Lipinski definition) is 2. The molecule has 0 unspecified atom stereocenters. The van der Waals surface area contributed by atoms with E-state index in [0.29, 0.717) is 19.7 Å². The zero-order valence-corrected chi connectivity index (χ0v) is 21.6. The Kier molecular flexibility index (Phi) is 9.88. The molecule has 33 heavy (non-hydrogen) atoms. The van der Waals surface area contributed by atoms with Gasteiger partial charge >= 0.3 is 6.09 Å². The number of amides is 1. The van der Waals surface area contributed by atoms with Gasteiger partial charge in [0.1, 0.15) is 0 Å². The second kappa shape index (κ2) is 12.8. The molecule has 0 saturated carbocycles. The van der Waals surface area contributed by atoms with Gasteiger partial charge in [-0.25, -0.2) is 4.79 Å². The Hall–Kier alpha value is -2.25. The molecule has 0 atom stereocenters. The summed E-state index contributed by atoms with van der Waals surface area (Å²) in [7, 11) is 3.04. The van der Waals surface area contributed by atoms with Crippen LogP contribution in [0.2, 0.25) is 24.7 Å². The lowest BCUT2D eigenvalue weighted by Crippen LogP contribution is -2.33. The van der Waals surface area contributed by atoms with Gasteiger partial charge in [0.2, 0.25) is 0 Å². The van der Waals surface area contributed by atoms with Crippen molar-refractivity contribution < 1.29 is 14.4 Å². The van der Waals surface area contributed by atoms with Gasteiger partial charge in [0, 0.05) is 43.6 Å². The number of ether oxygens (including phenoxy) is 1. The normalized spacial score (nSPS) is 15.6. The minimum atomic E-state index is -1.03. The number of carbonyl (C=O) groups is 1. The Morgan fingerprint density at radius 3 is 2.45 bits per heavy atom. The molecular formula is C26H41N3O3Si. The molecule has 0 radical (unpaired) electrons. The van der Waals surface area contributed by atoms with Crippen molar-refractivity contribution in [2.24, 2.45) is 0 Å². The van der Waals surface area contributed by atoms with Crippen molar-refractivity contribution in [2.45, 2.75) is 63.2 Å². The number of hydroxylamine groups is 1. The molecule has 6 nitrogen and oxygen atoms in total. The Bertz CT molecular complexity index is 882. The summed E-state index contributed by atoms with van der Waals surface area (Å²) in [6.45, 7) is 4.01. The number of carbonyl (C=O) groups excluding carboxylic acids is 1. The SMILES string of the molecule is CN(C)c1cccc2c(ONCCNC(=O)OCCCC[Si]3(C)CCCCCC3)cccc12. The lowest BCUT2D eigenvalue weighted by Gasteiger charge is -2.25. The van der Waals surface area contributed by atoms with E-state index in [-0.39, 0.29) is 6.09 Å². The largest absolute Gasteiger partial charge is 0.450 e. The van der Waals surface area contributed by atoms with Crippen molar-refractivity contribution in [3.63, 3.8) is 0 Å². The summed E-state index contributed by atoms with van der Waals surface area (Å²) in [6, 6.07) is 16.5. The Balaban J connectivity index is 1.29. The second-order valence-electron chi connectivity index (χ2n) is 9.76. The first kappa shape index (κ1) is 25.4. The van der Waals surface area contributed by atoms with E-state index in [0.717, 1.165) is 28.6 Å². The number of hydrogen-bond acceptors (Lipinski definition) is 5. The van der Waals surface area contributed by atoms with Gasteiger partial charge < -0.3 is 19.8 Å². The van der Waals surface area contributed by atoms with E-state index in [4.69, 9.17) is 9.57 Å². The lowest BCUT2D eigenvalue weighted by atomic mass is 10.1. The molecule has 182 valence electrons. The fourth-order valence-electron chi connectivity index (χ4n) is 4.79. The lowest BCUT2D eigenvalue weighted by molar-refractivity contribution is 0.142. The van der Waals surface area contributed by atoms with E-state index in [2.05, 4.69) is 34.4 Å². The quantitative estimate of drug-likeness (QED) is 0.241. The van der Waals surface area contributed by atoms with Gasteiger partial charge in [-0.05, 0) is 18.6 Å². The van der Waals surface area contributed by atoms with Gasteiger partial charge in [0.05, 0.1) is 14.7 Å². The van der Waals surface area contributed by atoms with Crippen LogP contribution in [-0.2, 0) is 4.74 Å². The van der Waals surface area contributed by atoms with Gasteiger partial charge in [0.25, 0.3) is 0 Å². The molecule has 1 fully saturated rings. The van der Waals surface area contributed by atoms with Crippen molar-refractivity contribution >= 4 is 30.6 Å². The highest BCUT2D eigenvalue weighted by Gasteiger charge is 2.27. The van der Waals surface area contributed by atoms with Gasteiger partial charge in [0.15, 0.2) is 5.75 Å². The van der Waals surface area contributed by atoms with Crippen molar-refractivity contribution in [1.29, 1.82) is 0 Å². The Morgan fingerprint density at radius 1 is 0.970 bits per heavy atom. The third-order valence-corrected chi connectivity index (χ3v) is 11.4. The fraction of sp³-hybridized carbons (Fsp3) is 0.577. The highest BCUT2D eigenvalue weighted by molar-refractivity contribution is 6.78. The minimum Gasteiger partial charge on any atom is -0.450 e. The predicted molar refractivity (Wildman–Crippen MR) is 140 cm³/mol. The highest BCUT2D eigenvalue weighted by Crippen LogP contribution is 2.32. The van der Waals surface area contributed by atoms with Crippen LogP contribution in [0.1, 0.15) is 38.5 Å². The average molecular weight is 472 g/mol. The molecule has 2 aromatic carbocycles. The molecule has 1 heterocycles. The van der Waals surface area contributed by atoms with Crippen LogP contribution in [0.25, 0.3) is 10.8 Å². The number of unbranched alkanes of at least 4 members (excludes halogenated alkanes) is 1. The first-order valence-corrected chi connectivity index (χ1v) is 15.6. The molecule has 3 rings (SSSR count). The molecule has 7 heteroatoms. The van der Waals surface area contributed by atoms with Crippen LogP contribution in [0.3, 0.4) is 0 Å². The first-order chi connectivity index (χ1) is 16.0. The van der Waals surface area contributed by atoms with Gasteiger partial charge in [-0.2, -0.15) is 5.48 Å². The number of anilines is 1. The number of fused-ring (bicyclic) bond motifs is 1. The van der Waals surface area contributed by atoms with E-state index in [9.17, 15) is 4.79 Å². The fourth-order valence-corrected chi connectivity index (χ4v) is 8.85. The summed E-state index contributed by atoms with van der Waals surface area (Å²) in [6.07, 6.45) is 7.50. The third kappa shape index (κ3) is 7.93. The summed E-state index contributed by atoms with van der Waals surface area (Å²) in [4.78, 5) is 19.8. The van der Waals surface area contributed by atoms with E-state index in [1.807, 2.05) is 38.4 Å². The number of nitrogens with zero attached hydrogens (tertiary/aromatic N) is 1. The molecule has 1 saturated heterocycles. The standard InChI is InChI=1S/C26H41N3O3Si/c1-29(2)24-14-10-13-23-22(24)12-11-15-25(23)32-28-17-16-27-26(30)31-18-6-9-21-33(3)19-7-4-5-8-20-33/h10-15,28H,4-9,16-21H2,1-3H3,(H,27,30). The molecule has 0 aromatic heterocycles. The van der Waals surface area contributed by atoms with Gasteiger partial charge in [-0.1, -0.05) is 81.0 Å². The predicted octanol–water partition coefficient (Wildman–Crippen LogP) is 5.95. The van der Waals surface area contributed by atoms with Crippen LogP contribution in [0.15, 0.2) is 36.4 Å². The van der Waals surface area contributed by atoms with E-state index >= 15 is 0 Å². The third-order valence-electron chi connectivity index (χ3n) is 6.74. The molecule has 0 aliphatic carbocycles. The maximum Gasteiger partial charge on any atom is 0.407 e. The molecule has 1 aliphatic rings. The molecule has 1 aliphatic heterocycles. The highest BCUT2D eigenvalue weighted by atomic mass is 28.3. The summed E-state index contributed by atoms with van der Waals surface area (Å²) in [5, 5.41) is 4.97. The molecule has 0 bridgehead atoms. The van der Waals surface area contributed by atoms with Crippen LogP contribution in [0.5, 0.6) is 5.75 Å². The van der Waals surface area contributed by atoms with E-state index < -0.39 is 8.07 Å². The number of benzene rings is 2. The first-order valence-electron chi connectivity index (χ1n) is 12.5. The topological polar surface area (TPSA) is 62.8 Å². The Labute approximate surface area is 200 Å². The summed E-state index contributed by atoms with van der Waals surface area (Å²) in [5.41, 5.74) is 4.09. The molecule has 2 N–H and O–H groups in total. The summed E-state index contributed by atoms with van der Waals surface area (Å²) in [5.74, 6) is 0.768. The summed E-state index contributed by atoms with van der Waals surface area (Å²) >= 11 is 0. The van der Waals surface area contributed by atoms with Crippen LogP contribution >= 0.6 is 0 Å². The van der Waals surface area contributed by atoms with Crippen LogP contribution in [0, 0.1) is 0 Å². The minimum absolute atomic E-state index is 0.351. The van der Waals surface area contributed by atoms with Crippen molar-refractivity contribution in [2.75, 3.05) is 38.7 Å². The van der Waals surface area contributed by atoms with Gasteiger partial charge in [-0.15, -0.1) is 0 Å². The molecule has 2 aromatic rings. The van der Waals surface area contributed by atoms with Crippen molar-refractivity contribution in [3.05, 3.63) is 36.4 Å². The zero-order chi connectivity index (χ0) is 23.5. The van der Waals surface area contributed by atoms with E-state index in [1.54, 1.807) is 0 Å². The number of alkyl carbamates (subject to hydrolysis) is 1. The molecule has 0 spiro atoms. The molecule has 1 amide bonds. The van der Waals surface area contributed by atoms with Crippen LogP contribution < -0.4 is 20.5 Å². The van der Waals surface area contributed by atoms with Crippen LogP contribution in [0.4, 0.5) is 10.5 Å². The van der Waals surface area contributed by atoms with Crippen molar-refractivity contribution in [1.82, 2.24) is 10.8 Å². The van der Waals surface area contributed by atoms with Crippen molar-refractivity contribution in [3.8, 4) is 5.75 Å². The smallest absolute Gasteiger partial charge is 0.407 e. The number of rotatable bonds is 11. The van der Waals surface area contributed by atoms with E-state index in [1.165, 1.54) is 50.2 Å². The Morgan fingerprint density at radius 2 is 1.70 bits per heavy atom. The maximum absolute atomic E-state index is 11.9. The number of nitrogens with one attached hydrogen (secondary N) is 2. The monoisotopic (exact) mass is 471 g/mol. The average Bonchev–Trinajstić information content (AvgIpc) is 3.02. The summed E-state index contributed by atoms with van der Waals surface area (Å²) < 4.78 is 5.34. The second-order valence-corrected chi connectivity index (χ2v) is 14.9. The zero-order valence-electron chi connectivity index (χ0n) is 20.6. The van der Waals surface area contributed by atoms with Crippen LogP contribution in [-0.4, -0.2) is 48.0 Å².